The topological polar surface area (TPSA) is 64.4 Å². The average Bonchev–Trinajstić information content (AvgIpc) is 3.12. The maximum absolute atomic E-state index is 12.8. The Morgan fingerprint density at radius 3 is 2.68 bits per heavy atom. The van der Waals surface area contributed by atoms with Crippen molar-refractivity contribution in [3.05, 3.63) is 75.2 Å². The van der Waals surface area contributed by atoms with Crippen LogP contribution in [0.3, 0.4) is 0 Å². The lowest BCUT2D eigenvalue weighted by Crippen LogP contribution is -2.13. The molecule has 28 heavy (non-hydrogen) atoms. The SMILES string of the molecule is COc1c(Br)cc(Br)cc1C(=O)Nc1cccc(-c2nc3ccccc3o2)c1. The molecule has 0 bridgehead atoms. The van der Waals surface area contributed by atoms with Crippen LogP contribution in [0.1, 0.15) is 10.4 Å². The van der Waals surface area contributed by atoms with E-state index in [1.165, 1.54) is 7.11 Å². The summed E-state index contributed by atoms with van der Waals surface area (Å²) in [6.07, 6.45) is 0. The van der Waals surface area contributed by atoms with E-state index in [0.29, 0.717) is 27.4 Å². The van der Waals surface area contributed by atoms with Crippen LogP contribution in [0, 0.1) is 0 Å². The number of hydrogen-bond donors (Lipinski definition) is 1. The number of benzene rings is 3. The number of nitrogens with one attached hydrogen (secondary N) is 1. The summed E-state index contributed by atoms with van der Waals surface area (Å²) in [6.45, 7) is 0. The Morgan fingerprint density at radius 2 is 1.89 bits per heavy atom. The van der Waals surface area contributed by atoms with Gasteiger partial charge in [0.25, 0.3) is 5.91 Å². The maximum Gasteiger partial charge on any atom is 0.259 e. The molecule has 140 valence electrons. The van der Waals surface area contributed by atoms with E-state index in [2.05, 4.69) is 42.2 Å². The molecule has 4 aromatic rings. The van der Waals surface area contributed by atoms with Crippen LogP contribution >= 0.6 is 31.9 Å². The second-order valence-corrected chi connectivity index (χ2v) is 7.76. The minimum absolute atomic E-state index is 0.284. The summed E-state index contributed by atoms with van der Waals surface area (Å²) in [7, 11) is 1.53. The van der Waals surface area contributed by atoms with Crippen LogP contribution in [0.2, 0.25) is 0 Å². The lowest BCUT2D eigenvalue weighted by Gasteiger charge is -2.12. The van der Waals surface area contributed by atoms with Crippen molar-refractivity contribution in [1.29, 1.82) is 0 Å². The molecule has 7 heteroatoms. The van der Waals surface area contributed by atoms with Crippen molar-refractivity contribution in [3.63, 3.8) is 0 Å². The molecule has 0 saturated heterocycles. The van der Waals surface area contributed by atoms with Gasteiger partial charge in [0.1, 0.15) is 11.3 Å². The van der Waals surface area contributed by atoms with Gasteiger partial charge in [-0.2, -0.15) is 0 Å². The van der Waals surface area contributed by atoms with Gasteiger partial charge in [0.15, 0.2) is 5.58 Å². The summed E-state index contributed by atoms with van der Waals surface area (Å²) in [4.78, 5) is 17.3. The molecule has 1 amide bonds. The summed E-state index contributed by atoms with van der Waals surface area (Å²) in [6, 6.07) is 18.5. The van der Waals surface area contributed by atoms with E-state index in [4.69, 9.17) is 9.15 Å². The molecule has 0 aliphatic rings. The van der Waals surface area contributed by atoms with Crippen LogP contribution in [0.5, 0.6) is 5.75 Å². The molecule has 3 aromatic carbocycles. The Kier molecular flexibility index (Phi) is 5.19. The minimum Gasteiger partial charge on any atom is -0.495 e. The van der Waals surface area contributed by atoms with Crippen LogP contribution < -0.4 is 10.1 Å². The third-order valence-electron chi connectivity index (χ3n) is 4.12. The second kappa shape index (κ2) is 7.77. The van der Waals surface area contributed by atoms with Crippen LogP contribution in [0.15, 0.2) is 74.0 Å². The number of fused-ring (bicyclic) bond motifs is 1. The first kappa shape index (κ1) is 18.7. The van der Waals surface area contributed by atoms with Crippen molar-refractivity contribution in [2.24, 2.45) is 0 Å². The molecule has 0 atom stereocenters. The van der Waals surface area contributed by atoms with Gasteiger partial charge in [-0.25, -0.2) is 4.98 Å². The zero-order valence-electron chi connectivity index (χ0n) is 14.7. The van der Waals surface area contributed by atoms with Gasteiger partial charge in [-0.05, 0) is 58.4 Å². The second-order valence-electron chi connectivity index (χ2n) is 5.99. The Morgan fingerprint density at radius 1 is 1.07 bits per heavy atom. The molecular weight excluding hydrogens is 488 g/mol. The monoisotopic (exact) mass is 500 g/mol. The average molecular weight is 502 g/mol. The predicted molar refractivity (Wildman–Crippen MR) is 116 cm³/mol. The van der Waals surface area contributed by atoms with Crippen molar-refractivity contribution < 1.29 is 13.9 Å². The zero-order chi connectivity index (χ0) is 19.7. The predicted octanol–water partition coefficient (Wildman–Crippen LogP) is 6.28. The first-order valence-corrected chi connectivity index (χ1v) is 9.94. The van der Waals surface area contributed by atoms with Crippen LogP contribution in [0.4, 0.5) is 5.69 Å². The number of anilines is 1. The molecule has 0 aliphatic heterocycles. The molecule has 0 aliphatic carbocycles. The third-order valence-corrected chi connectivity index (χ3v) is 5.17. The normalized spacial score (nSPS) is 10.8. The zero-order valence-corrected chi connectivity index (χ0v) is 17.9. The van der Waals surface area contributed by atoms with Gasteiger partial charge in [-0.15, -0.1) is 0 Å². The lowest BCUT2D eigenvalue weighted by molar-refractivity contribution is 0.102. The number of para-hydroxylation sites is 2. The Balaban J connectivity index is 1.64. The van der Waals surface area contributed by atoms with E-state index in [-0.39, 0.29) is 5.91 Å². The van der Waals surface area contributed by atoms with Gasteiger partial charge in [-0.1, -0.05) is 34.1 Å². The fraction of sp³-hybridized carbons (Fsp3) is 0.0476. The van der Waals surface area contributed by atoms with Crippen molar-refractivity contribution in [2.45, 2.75) is 0 Å². The van der Waals surface area contributed by atoms with Crippen molar-refractivity contribution >= 4 is 54.6 Å². The summed E-state index contributed by atoms with van der Waals surface area (Å²) in [5, 5.41) is 2.90. The third kappa shape index (κ3) is 3.68. The standard InChI is InChI=1S/C21H14Br2N2O3/c1-27-19-15(10-13(22)11-16(19)23)20(26)24-14-6-4-5-12(9-14)21-25-17-7-2-3-8-18(17)28-21/h2-11H,1H3,(H,24,26). The van der Waals surface area contributed by atoms with Gasteiger partial charge in [-0.3, -0.25) is 4.79 Å². The Bertz CT molecular complexity index is 1150. The number of ether oxygens (including phenoxy) is 1. The number of carbonyl (C=O) groups is 1. The fourth-order valence-electron chi connectivity index (χ4n) is 2.86. The highest BCUT2D eigenvalue weighted by atomic mass is 79.9. The molecule has 1 N–H and O–H groups in total. The van der Waals surface area contributed by atoms with Gasteiger partial charge in [0, 0.05) is 15.7 Å². The van der Waals surface area contributed by atoms with Gasteiger partial charge in [0.2, 0.25) is 5.89 Å². The van der Waals surface area contributed by atoms with E-state index < -0.39 is 0 Å². The summed E-state index contributed by atoms with van der Waals surface area (Å²) < 4.78 is 12.6. The van der Waals surface area contributed by atoms with E-state index in [0.717, 1.165) is 21.1 Å². The maximum atomic E-state index is 12.8. The molecule has 1 aromatic heterocycles. The largest absolute Gasteiger partial charge is 0.495 e. The van der Waals surface area contributed by atoms with Crippen LogP contribution in [0.25, 0.3) is 22.6 Å². The number of oxazole rings is 1. The molecule has 0 saturated carbocycles. The molecule has 4 rings (SSSR count). The molecule has 0 spiro atoms. The number of hydrogen-bond acceptors (Lipinski definition) is 4. The van der Waals surface area contributed by atoms with E-state index in [9.17, 15) is 4.79 Å². The summed E-state index contributed by atoms with van der Waals surface area (Å²) in [5.41, 5.74) is 3.32. The lowest BCUT2D eigenvalue weighted by atomic mass is 10.1. The van der Waals surface area contributed by atoms with Crippen molar-refractivity contribution in [1.82, 2.24) is 4.98 Å². The Hall–Kier alpha value is -2.64. The van der Waals surface area contributed by atoms with E-state index >= 15 is 0 Å². The molecular formula is C21H14Br2N2O3. The number of carbonyl (C=O) groups excluding carboxylic acids is 1. The molecule has 1 heterocycles. The number of methoxy groups -OCH3 is 1. The molecule has 0 radical (unpaired) electrons. The van der Waals surface area contributed by atoms with Crippen molar-refractivity contribution in [2.75, 3.05) is 12.4 Å². The minimum atomic E-state index is -0.284. The number of halogens is 2. The van der Waals surface area contributed by atoms with Gasteiger partial charge >= 0.3 is 0 Å². The van der Waals surface area contributed by atoms with E-state index in [1.54, 1.807) is 6.07 Å². The molecule has 5 nitrogen and oxygen atoms in total. The van der Waals surface area contributed by atoms with Gasteiger partial charge in [0.05, 0.1) is 17.1 Å². The number of amides is 1. The number of rotatable bonds is 4. The van der Waals surface area contributed by atoms with Crippen LogP contribution in [-0.2, 0) is 0 Å². The molecule has 0 fully saturated rings. The quantitative estimate of drug-likeness (QED) is 0.357. The summed E-state index contributed by atoms with van der Waals surface area (Å²) >= 11 is 6.82. The van der Waals surface area contributed by atoms with E-state index in [1.807, 2.05) is 54.6 Å². The van der Waals surface area contributed by atoms with Crippen molar-refractivity contribution in [3.8, 4) is 17.2 Å². The first-order chi connectivity index (χ1) is 13.5. The first-order valence-electron chi connectivity index (χ1n) is 8.35. The van der Waals surface area contributed by atoms with Gasteiger partial charge < -0.3 is 14.5 Å². The van der Waals surface area contributed by atoms with Crippen LogP contribution in [-0.4, -0.2) is 18.0 Å². The number of aromatic nitrogens is 1. The fourth-order valence-corrected chi connectivity index (χ4v) is 4.25. The summed E-state index contributed by atoms with van der Waals surface area (Å²) in [5.74, 6) is 0.685. The Labute approximate surface area is 178 Å². The number of nitrogens with zero attached hydrogens (tertiary/aromatic N) is 1. The highest BCUT2D eigenvalue weighted by Crippen LogP contribution is 2.33. The highest BCUT2D eigenvalue weighted by molar-refractivity contribution is 9.11. The smallest absolute Gasteiger partial charge is 0.259 e. The molecule has 0 unspecified atom stereocenters. The highest BCUT2D eigenvalue weighted by Gasteiger charge is 2.17.